The van der Waals surface area contributed by atoms with E-state index in [1.807, 2.05) is 6.07 Å². The number of hydrogen-bond acceptors (Lipinski definition) is 3. The van der Waals surface area contributed by atoms with Gasteiger partial charge >= 0.3 is 0 Å². The average Bonchev–Trinajstić information content (AvgIpc) is 2.54. The molecule has 0 saturated carbocycles. The SMILES string of the molecule is N#Cc1c(-c2c(Cl)cccc2Cl)cc(-c2cccc(F)c2)nc1N. The zero-order chi connectivity index (χ0) is 17.3. The van der Waals surface area contributed by atoms with Gasteiger partial charge in [-0.3, -0.25) is 0 Å². The predicted octanol–water partition coefficient (Wildman–Crippen LogP) is 5.32. The van der Waals surface area contributed by atoms with Crippen LogP contribution >= 0.6 is 23.2 Å². The Morgan fingerprint density at radius 3 is 2.33 bits per heavy atom. The standard InChI is InChI=1S/C18H10Cl2FN3/c19-14-5-2-6-15(20)17(14)12-8-16(24-18(23)13(12)9-22)10-3-1-4-11(21)7-10/h1-8H,(H2,23,24). The Morgan fingerprint density at radius 2 is 1.71 bits per heavy atom. The van der Waals surface area contributed by atoms with Crippen molar-refractivity contribution in [3.63, 3.8) is 0 Å². The van der Waals surface area contributed by atoms with Gasteiger partial charge in [-0.1, -0.05) is 41.4 Å². The van der Waals surface area contributed by atoms with Crippen LogP contribution in [0.4, 0.5) is 10.2 Å². The second-order valence-corrected chi connectivity index (χ2v) is 5.85. The first-order valence-electron chi connectivity index (χ1n) is 6.92. The number of nitriles is 1. The molecule has 0 fully saturated rings. The lowest BCUT2D eigenvalue weighted by molar-refractivity contribution is 0.628. The summed E-state index contributed by atoms with van der Waals surface area (Å²) < 4.78 is 13.5. The summed E-state index contributed by atoms with van der Waals surface area (Å²) in [6, 6.07) is 14.7. The number of aromatic nitrogens is 1. The largest absolute Gasteiger partial charge is 0.383 e. The Bertz CT molecular complexity index is 960. The molecule has 0 aliphatic rings. The van der Waals surface area contributed by atoms with Gasteiger partial charge in [0, 0.05) is 26.7 Å². The number of anilines is 1. The Hall–Kier alpha value is -2.61. The van der Waals surface area contributed by atoms with E-state index < -0.39 is 5.82 Å². The van der Waals surface area contributed by atoms with Crippen LogP contribution < -0.4 is 5.73 Å². The topological polar surface area (TPSA) is 62.7 Å². The number of halogens is 3. The maximum absolute atomic E-state index is 13.5. The van der Waals surface area contributed by atoms with E-state index in [1.54, 1.807) is 36.4 Å². The van der Waals surface area contributed by atoms with E-state index in [4.69, 9.17) is 28.9 Å². The van der Waals surface area contributed by atoms with Gasteiger partial charge in [0.15, 0.2) is 0 Å². The molecule has 0 aliphatic heterocycles. The first kappa shape index (κ1) is 16.3. The van der Waals surface area contributed by atoms with Crippen molar-refractivity contribution in [2.45, 2.75) is 0 Å². The number of nitrogen functional groups attached to an aromatic ring is 1. The van der Waals surface area contributed by atoms with Crippen LogP contribution in [0.3, 0.4) is 0 Å². The molecule has 0 atom stereocenters. The fraction of sp³-hybridized carbons (Fsp3) is 0. The van der Waals surface area contributed by atoms with Crippen LogP contribution in [0.2, 0.25) is 10.0 Å². The van der Waals surface area contributed by atoms with Gasteiger partial charge in [0.05, 0.1) is 5.69 Å². The molecule has 24 heavy (non-hydrogen) atoms. The lowest BCUT2D eigenvalue weighted by Crippen LogP contribution is -2.00. The Morgan fingerprint density at radius 1 is 1.04 bits per heavy atom. The fourth-order valence-corrected chi connectivity index (χ4v) is 3.03. The van der Waals surface area contributed by atoms with Gasteiger partial charge in [-0.2, -0.15) is 5.26 Å². The maximum atomic E-state index is 13.5. The molecule has 0 amide bonds. The van der Waals surface area contributed by atoms with Crippen molar-refractivity contribution in [2.24, 2.45) is 0 Å². The normalized spacial score (nSPS) is 10.4. The molecule has 2 N–H and O–H groups in total. The lowest BCUT2D eigenvalue weighted by atomic mass is 9.98. The molecular weight excluding hydrogens is 348 g/mol. The van der Waals surface area contributed by atoms with Crippen LogP contribution in [0.15, 0.2) is 48.5 Å². The molecule has 3 nitrogen and oxygen atoms in total. The van der Waals surface area contributed by atoms with Gasteiger partial charge in [0.1, 0.15) is 23.3 Å². The summed E-state index contributed by atoms with van der Waals surface area (Å²) >= 11 is 12.5. The second kappa shape index (κ2) is 6.48. The summed E-state index contributed by atoms with van der Waals surface area (Å²) in [6.45, 7) is 0. The maximum Gasteiger partial charge on any atom is 0.142 e. The summed E-state index contributed by atoms with van der Waals surface area (Å²) in [5, 5.41) is 10.2. The van der Waals surface area contributed by atoms with E-state index in [0.29, 0.717) is 32.4 Å². The molecule has 118 valence electrons. The van der Waals surface area contributed by atoms with Crippen molar-refractivity contribution in [1.82, 2.24) is 4.98 Å². The monoisotopic (exact) mass is 357 g/mol. The van der Waals surface area contributed by atoms with E-state index in [9.17, 15) is 9.65 Å². The molecule has 0 spiro atoms. The minimum Gasteiger partial charge on any atom is -0.383 e. The van der Waals surface area contributed by atoms with E-state index >= 15 is 0 Å². The highest BCUT2D eigenvalue weighted by Crippen LogP contribution is 2.39. The summed E-state index contributed by atoms with van der Waals surface area (Å²) in [7, 11) is 0. The third-order valence-corrected chi connectivity index (χ3v) is 4.14. The zero-order valence-corrected chi connectivity index (χ0v) is 13.7. The highest BCUT2D eigenvalue weighted by Gasteiger charge is 2.18. The second-order valence-electron chi connectivity index (χ2n) is 5.03. The molecular formula is C18H10Cl2FN3. The van der Waals surface area contributed by atoms with Gasteiger partial charge in [0.25, 0.3) is 0 Å². The molecule has 3 rings (SSSR count). The molecule has 1 heterocycles. The Kier molecular flexibility index (Phi) is 4.39. The molecule has 2 aromatic carbocycles. The lowest BCUT2D eigenvalue weighted by Gasteiger charge is -2.13. The van der Waals surface area contributed by atoms with Crippen molar-refractivity contribution >= 4 is 29.0 Å². The Labute approximate surface area is 148 Å². The third kappa shape index (κ3) is 2.92. The number of nitrogens with zero attached hydrogens (tertiary/aromatic N) is 2. The van der Waals surface area contributed by atoms with Crippen molar-refractivity contribution in [3.8, 4) is 28.5 Å². The third-order valence-electron chi connectivity index (χ3n) is 3.51. The molecule has 0 saturated heterocycles. The summed E-state index contributed by atoms with van der Waals surface area (Å²) in [5.74, 6) is -0.361. The van der Waals surface area contributed by atoms with Gasteiger partial charge in [-0.15, -0.1) is 0 Å². The highest BCUT2D eigenvalue weighted by molar-refractivity contribution is 6.39. The van der Waals surface area contributed by atoms with Crippen molar-refractivity contribution in [3.05, 3.63) is 70.0 Å². The number of nitrogens with two attached hydrogens (primary N) is 1. The fourth-order valence-electron chi connectivity index (χ4n) is 2.43. The number of pyridine rings is 1. The summed E-state index contributed by atoms with van der Waals surface area (Å²) in [6.07, 6.45) is 0. The first-order chi connectivity index (χ1) is 11.5. The van der Waals surface area contributed by atoms with Crippen molar-refractivity contribution < 1.29 is 4.39 Å². The van der Waals surface area contributed by atoms with E-state index in [2.05, 4.69) is 4.98 Å². The van der Waals surface area contributed by atoms with Crippen LogP contribution in [-0.4, -0.2) is 4.98 Å². The van der Waals surface area contributed by atoms with Crippen LogP contribution in [0.1, 0.15) is 5.56 Å². The zero-order valence-electron chi connectivity index (χ0n) is 12.2. The minimum atomic E-state index is -0.394. The molecule has 0 unspecified atom stereocenters. The quantitative estimate of drug-likeness (QED) is 0.675. The molecule has 0 radical (unpaired) electrons. The molecule has 1 aromatic heterocycles. The smallest absolute Gasteiger partial charge is 0.142 e. The number of hydrogen-bond donors (Lipinski definition) is 1. The van der Waals surface area contributed by atoms with E-state index in [-0.39, 0.29) is 11.4 Å². The van der Waals surface area contributed by atoms with E-state index in [1.165, 1.54) is 12.1 Å². The summed E-state index contributed by atoms with van der Waals surface area (Å²) in [4.78, 5) is 4.20. The molecule has 0 bridgehead atoms. The van der Waals surface area contributed by atoms with Crippen LogP contribution in [0, 0.1) is 17.1 Å². The number of rotatable bonds is 2. The predicted molar refractivity (Wildman–Crippen MR) is 94.2 cm³/mol. The molecule has 6 heteroatoms. The van der Waals surface area contributed by atoms with Gasteiger partial charge < -0.3 is 5.73 Å². The van der Waals surface area contributed by atoms with Crippen LogP contribution in [-0.2, 0) is 0 Å². The van der Waals surface area contributed by atoms with Gasteiger partial charge in [-0.25, -0.2) is 9.37 Å². The highest BCUT2D eigenvalue weighted by atomic mass is 35.5. The van der Waals surface area contributed by atoms with Crippen molar-refractivity contribution in [2.75, 3.05) is 5.73 Å². The van der Waals surface area contributed by atoms with Crippen LogP contribution in [0.5, 0.6) is 0 Å². The first-order valence-corrected chi connectivity index (χ1v) is 7.68. The summed E-state index contributed by atoms with van der Waals surface area (Å²) in [5.41, 5.74) is 8.02. The van der Waals surface area contributed by atoms with E-state index in [0.717, 1.165) is 0 Å². The molecule has 0 aliphatic carbocycles. The number of benzene rings is 2. The minimum absolute atomic E-state index is 0.0326. The Balaban J connectivity index is 2.32. The van der Waals surface area contributed by atoms with Crippen molar-refractivity contribution in [1.29, 1.82) is 5.26 Å². The average molecular weight is 358 g/mol. The van der Waals surface area contributed by atoms with Gasteiger partial charge in [0.2, 0.25) is 0 Å². The van der Waals surface area contributed by atoms with Gasteiger partial charge in [-0.05, 0) is 30.3 Å². The van der Waals surface area contributed by atoms with Crippen LogP contribution in [0.25, 0.3) is 22.4 Å². The molecule has 3 aromatic rings.